The van der Waals surface area contributed by atoms with Crippen molar-refractivity contribution in [2.45, 2.75) is 33.1 Å². The third kappa shape index (κ3) is 7.68. The van der Waals surface area contributed by atoms with E-state index in [1.165, 1.54) is 24.0 Å². The van der Waals surface area contributed by atoms with Crippen molar-refractivity contribution in [1.29, 1.82) is 0 Å². The van der Waals surface area contributed by atoms with Crippen LogP contribution in [0.3, 0.4) is 0 Å². The lowest BCUT2D eigenvalue weighted by Gasteiger charge is -2.31. The Morgan fingerprint density at radius 2 is 2.00 bits per heavy atom. The van der Waals surface area contributed by atoms with Gasteiger partial charge in [0.1, 0.15) is 5.75 Å². The Morgan fingerprint density at radius 1 is 1.21 bits per heavy atom. The van der Waals surface area contributed by atoms with E-state index in [0.717, 1.165) is 64.0 Å². The van der Waals surface area contributed by atoms with E-state index < -0.39 is 0 Å². The zero-order valence-electron chi connectivity index (χ0n) is 18.1. The lowest BCUT2D eigenvalue weighted by molar-refractivity contribution is 0.121. The average Bonchev–Trinajstić information content (AvgIpc) is 2.72. The number of ether oxygens (including phenoxy) is 2. The number of methoxy groups -OCH3 is 2. The number of piperidine rings is 1. The largest absolute Gasteiger partial charge is 0.496 e. The van der Waals surface area contributed by atoms with Gasteiger partial charge in [0.05, 0.1) is 13.7 Å². The molecule has 0 atom stereocenters. The molecule has 0 bridgehead atoms. The van der Waals surface area contributed by atoms with Crippen molar-refractivity contribution in [3.63, 3.8) is 0 Å². The first-order valence-electron chi connectivity index (χ1n) is 10.5. The number of benzene rings is 1. The van der Waals surface area contributed by atoms with Crippen LogP contribution in [0.25, 0.3) is 0 Å². The molecule has 1 heterocycles. The standard InChI is InChI=1S/C22H38N4O2/c1-5-23-22(24-11-8-19-7-6-18(2)21(16-19)28-4)25-17-20-9-12-26(13-10-20)14-15-27-3/h6-7,16,20H,5,8-15,17H2,1-4H3,(H2,23,24,25). The van der Waals surface area contributed by atoms with Gasteiger partial charge < -0.3 is 25.0 Å². The number of guanidine groups is 1. The van der Waals surface area contributed by atoms with Crippen molar-refractivity contribution in [3.05, 3.63) is 29.3 Å². The molecule has 0 unspecified atom stereocenters. The lowest BCUT2D eigenvalue weighted by atomic mass is 9.97. The third-order valence-corrected chi connectivity index (χ3v) is 5.35. The normalized spacial score (nSPS) is 16.2. The first kappa shape index (κ1) is 22.5. The zero-order chi connectivity index (χ0) is 20.2. The molecule has 0 spiro atoms. The maximum Gasteiger partial charge on any atom is 0.191 e. The summed E-state index contributed by atoms with van der Waals surface area (Å²) in [6.07, 6.45) is 3.38. The molecule has 1 aliphatic heterocycles. The molecule has 1 aromatic carbocycles. The van der Waals surface area contributed by atoms with E-state index in [0.29, 0.717) is 5.92 Å². The number of hydrogen-bond acceptors (Lipinski definition) is 4. The van der Waals surface area contributed by atoms with Gasteiger partial charge in [0.25, 0.3) is 0 Å². The molecule has 1 aromatic rings. The van der Waals surface area contributed by atoms with Crippen LogP contribution in [-0.4, -0.2) is 71.0 Å². The van der Waals surface area contributed by atoms with Crippen molar-refractivity contribution < 1.29 is 9.47 Å². The fourth-order valence-electron chi connectivity index (χ4n) is 3.52. The zero-order valence-corrected chi connectivity index (χ0v) is 18.1. The minimum Gasteiger partial charge on any atom is -0.496 e. The first-order valence-corrected chi connectivity index (χ1v) is 10.5. The van der Waals surface area contributed by atoms with Gasteiger partial charge in [-0.25, -0.2) is 0 Å². The lowest BCUT2D eigenvalue weighted by Crippen LogP contribution is -2.40. The fourth-order valence-corrected chi connectivity index (χ4v) is 3.52. The van der Waals surface area contributed by atoms with E-state index in [4.69, 9.17) is 14.5 Å². The molecule has 6 heteroatoms. The molecule has 0 amide bonds. The molecule has 1 aliphatic rings. The van der Waals surface area contributed by atoms with Gasteiger partial charge in [-0.05, 0) is 69.3 Å². The minimum absolute atomic E-state index is 0.676. The minimum atomic E-state index is 0.676. The predicted molar refractivity (Wildman–Crippen MR) is 116 cm³/mol. The van der Waals surface area contributed by atoms with Crippen molar-refractivity contribution in [1.82, 2.24) is 15.5 Å². The van der Waals surface area contributed by atoms with Gasteiger partial charge in [-0.2, -0.15) is 0 Å². The number of aryl methyl sites for hydroxylation is 1. The van der Waals surface area contributed by atoms with E-state index in [9.17, 15) is 0 Å². The molecule has 2 rings (SSSR count). The van der Waals surface area contributed by atoms with Gasteiger partial charge in [0.15, 0.2) is 5.96 Å². The Bertz CT molecular complexity index is 598. The van der Waals surface area contributed by atoms with Crippen molar-refractivity contribution >= 4 is 5.96 Å². The summed E-state index contributed by atoms with van der Waals surface area (Å²) in [7, 11) is 3.49. The SMILES string of the molecule is CCNC(=NCC1CCN(CCOC)CC1)NCCc1ccc(C)c(OC)c1. The van der Waals surface area contributed by atoms with Gasteiger partial charge in [-0.15, -0.1) is 0 Å². The summed E-state index contributed by atoms with van der Waals surface area (Å²) in [6.45, 7) is 11.0. The van der Waals surface area contributed by atoms with E-state index in [1.807, 2.05) is 0 Å². The second-order valence-corrected chi connectivity index (χ2v) is 7.48. The summed E-state index contributed by atoms with van der Waals surface area (Å²) in [5.74, 6) is 2.55. The van der Waals surface area contributed by atoms with Crippen molar-refractivity contribution in [2.75, 3.05) is 60.1 Å². The topological polar surface area (TPSA) is 58.1 Å². The molecule has 0 aliphatic carbocycles. The van der Waals surface area contributed by atoms with Crippen LogP contribution in [0, 0.1) is 12.8 Å². The Morgan fingerprint density at radius 3 is 2.68 bits per heavy atom. The van der Waals surface area contributed by atoms with Crippen molar-refractivity contribution in [2.24, 2.45) is 10.9 Å². The summed E-state index contributed by atoms with van der Waals surface area (Å²) in [5, 5.41) is 6.83. The smallest absolute Gasteiger partial charge is 0.191 e. The van der Waals surface area contributed by atoms with Gasteiger partial charge in [-0.3, -0.25) is 4.99 Å². The second-order valence-electron chi connectivity index (χ2n) is 7.48. The van der Waals surface area contributed by atoms with Crippen LogP contribution in [0.15, 0.2) is 23.2 Å². The highest BCUT2D eigenvalue weighted by Crippen LogP contribution is 2.19. The van der Waals surface area contributed by atoms with Crippen LogP contribution in [0.5, 0.6) is 5.75 Å². The predicted octanol–water partition coefficient (Wildman–Crippen LogP) is 2.46. The summed E-state index contributed by atoms with van der Waals surface area (Å²) in [4.78, 5) is 7.32. The Balaban J connectivity index is 1.76. The van der Waals surface area contributed by atoms with Gasteiger partial charge in [0, 0.05) is 33.3 Å². The molecule has 1 saturated heterocycles. The summed E-state index contributed by atoms with van der Waals surface area (Å²) in [6, 6.07) is 6.41. The van der Waals surface area contributed by atoms with E-state index in [1.54, 1.807) is 14.2 Å². The van der Waals surface area contributed by atoms with Gasteiger partial charge in [0.2, 0.25) is 0 Å². The quantitative estimate of drug-likeness (QED) is 0.475. The van der Waals surface area contributed by atoms with Gasteiger partial charge >= 0.3 is 0 Å². The van der Waals surface area contributed by atoms with Crippen molar-refractivity contribution in [3.8, 4) is 5.75 Å². The third-order valence-electron chi connectivity index (χ3n) is 5.35. The van der Waals surface area contributed by atoms with E-state index in [2.05, 4.69) is 47.6 Å². The molecule has 0 aromatic heterocycles. The van der Waals surface area contributed by atoms with Crippen LogP contribution in [0.1, 0.15) is 30.9 Å². The molecular formula is C22H38N4O2. The number of likely N-dealkylation sites (tertiary alicyclic amines) is 1. The van der Waals surface area contributed by atoms with Crippen LogP contribution < -0.4 is 15.4 Å². The number of aliphatic imine (C=N–C) groups is 1. The number of nitrogens with one attached hydrogen (secondary N) is 2. The Hall–Kier alpha value is -1.79. The highest BCUT2D eigenvalue weighted by Gasteiger charge is 2.18. The average molecular weight is 391 g/mol. The molecule has 6 nitrogen and oxygen atoms in total. The summed E-state index contributed by atoms with van der Waals surface area (Å²) < 4.78 is 10.6. The molecule has 1 fully saturated rings. The second kappa shape index (κ2) is 12.6. The van der Waals surface area contributed by atoms with E-state index >= 15 is 0 Å². The van der Waals surface area contributed by atoms with Gasteiger partial charge in [-0.1, -0.05) is 12.1 Å². The van der Waals surface area contributed by atoms with Crippen LogP contribution in [-0.2, 0) is 11.2 Å². The molecule has 0 saturated carbocycles. The Kier molecular flexibility index (Phi) is 10.1. The highest BCUT2D eigenvalue weighted by molar-refractivity contribution is 5.79. The number of rotatable bonds is 10. The summed E-state index contributed by atoms with van der Waals surface area (Å²) >= 11 is 0. The monoisotopic (exact) mass is 390 g/mol. The van der Waals surface area contributed by atoms with Crippen LogP contribution >= 0.6 is 0 Å². The molecule has 0 radical (unpaired) electrons. The maximum absolute atomic E-state index is 5.42. The summed E-state index contributed by atoms with van der Waals surface area (Å²) in [5.41, 5.74) is 2.44. The van der Waals surface area contributed by atoms with Crippen LogP contribution in [0.2, 0.25) is 0 Å². The molecule has 158 valence electrons. The number of hydrogen-bond donors (Lipinski definition) is 2. The van der Waals surface area contributed by atoms with Crippen LogP contribution in [0.4, 0.5) is 0 Å². The molecule has 28 heavy (non-hydrogen) atoms. The molecular weight excluding hydrogens is 352 g/mol. The number of nitrogens with zero attached hydrogens (tertiary/aromatic N) is 2. The Labute approximate surface area is 170 Å². The maximum atomic E-state index is 5.42. The first-order chi connectivity index (χ1) is 13.7. The molecule has 2 N–H and O–H groups in total. The fraction of sp³-hybridized carbons (Fsp3) is 0.682. The van der Waals surface area contributed by atoms with E-state index in [-0.39, 0.29) is 0 Å². The highest BCUT2D eigenvalue weighted by atomic mass is 16.5.